The zero-order chi connectivity index (χ0) is 8.28. The first-order chi connectivity index (χ1) is 5.01. The third kappa shape index (κ3) is 0.627. The highest BCUT2D eigenvalue weighted by molar-refractivity contribution is 5.16. The van der Waals surface area contributed by atoms with E-state index in [1.165, 1.54) is 0 Å². The molecule has 0 heterocycles. The van der Waals surface area contributed by atoms with E-state index in [-0.39, 0.29) is 5.92 Å². The maximum absolute atomic E-state index is 12.4. The topological polar surface area (TPSA) is 0 Å². The molecular weight excluding hydrogens is 153 g/mol. The smallest absolute Gasteiger partial charge is 0.170 e. The molecule has 0 spiro atoms. The van der Waals surface area contributed by atoms with E-state index in [4.69, 9.17) is 0 Å². The van der Waals surface area contributed by atoms with Gasteiger partial charge in [-0.3, -0.25) is 0 Å². The van der Waals surface area contributed by atoms with Crippen LogP contribution in [0.2, 0.25) is 0 Å². The van der Waals surface area contributed by atoms with Crippen molar-refractivity contribution >= 4 is 0 Å². The van der Waals surface area contributed by atoms with Crippen molar-refractivity contribution in [3.05, 3.63) is 0 Å². The summed E-state index contributed by atoms with van der Waals surface area (Å²) < 4.78 is 37.1. The summed E-state index contributed by atoms with van der Waals surface area (Å²) in [6.07, 6.45) is -2.41. The van der Waals surface area contributed by atoms with Gasteiger partial charge in [-0.25, -0.2) is 0 Å². The number of alkyl halides is 3. The molecule has 1 unspecified atom stereocenters. The Kier molecular flexibility index (Phi) is 1.18. The third-order valence-electron chi connectivity index (χ3n) is 3.54. The van der Waals surface area contributed by atoms with Gasteiger partial charge in [-0.15, -0.1) is 0 Å². The average Bonchev–Trinajstić information content (AvgIpc) is 1.52. The SMILES string of the molecule is CCC1C2CC1(C(F)(F)F)C2. The largest absolute Gasteiger partial charge is 0.394 e. The molecule has 0 amide bonds. The zero-order valence-electron chi connectivity index (χ0n) is 6.41. The second-order valence-corrected chi connectivity index (χ2v) is 3.84. The molecule has 64 valence electrons. The summed E-state index contributed by atoms with van der Waals surface area (Å²) in [6, 6.07) is 0. The van der Waals surface area contributed by atoms with Crippen molar-refractivity contribution in [1.29, 1.82) is 0 Å². The molecule has 3 fully saturated rings. The van der Waals surface area contributed by atoms with Gasteiger partial charge in [-0.1, -0.05) is 13.3 Å². The molecule has 3 aliphatic rings. The molecule has 3 heteroatoms. The van der Waals surface area contributed by atoms with Crippen molar-refractivity contribution in [3.8, 4) is 0 Å². The van der Waals surface area contributed by atoms with Gasteiger partial charge in [0.25, 0.3) is 0 Å². The highest BCUT2D eigenvalue weighted by Crippen LogP contribution is 2.75. The third-order valence-corrected chi connectivity index (χ3v) is 3.54. The normalized spacial score (nSPS) is 48.0. The molecule has 0 aromatic carbocycles. The molecule has 11 heavy (non-hydrogen) atoms. The number of halogens is 3. The Morgan fingerprint density at radius 2 is 1.91 bits per heavy atom. The van der Waals surface area contributed by atoms with Crippen LogP contribution in [-0.4, -0.2) is 6.18 Å². The van der Waals surface area contributed by atoms with Crippen LogP contribution < -0.4 is 0 Å². The number of hydrogen-bond donors (Lipinski definition) is 0. The Morgan fingerprint density at radius 1 is 1.36 bits per heavy atom. The lowest BCUT2D eigenvalue weighted by Gasteiger charge is -2.68. The standard InChI is InChI=1S/C8H11F3/c1-2-6-5-3-7(6,4-5)8(9,10)11/h5-6H,2-4H2,1H3. The summed E-state index contributed by atoms with van der Waals surface area (Å²) >= 11 is 0. The van der Waals surface area contributed by atoms with Crippen molar-refractivity contribution in [1.82, 2.24) is 0 Å². The lowest BCUT2D eigenvalue weighted by atomic mass is 9.36. The van der Waals surface area contributed by atoms with Gasteiger partial charge in [0.15, 0.2) is 0 Å². The molecule has 0 radical (unpaired) electrons. The highest BCUT2D eigenvalue weighted by atomic mass is 19.4. The molecule has 0 aliphatic heterocycles. The summed E-state index contributed by atoms with van der Waals surface area (Å²) in [4.78, 5) is 0. The first-order valence-corrected chi connectivity index (χ1v) is 4.08. The Hall–Kier alpha value is -0.210. The maximum atomic E-state index is 12.4. The fraction of sp³-hybridized carbons (Fsp3) is 1.00. The first-order valence-electron chi connectivity index (χ1n) is 4.08. The van der Waals surface area contributed by atoms with Crippen molar-refractivity contribution in [2.24, 2.45) is 17.3 Å². The summed E-state index contributed by atoms with van der Waals surface area (Å²) in [7, 11) is 0. The Labute approximate surface area is 63.8 Å². The lowest BCUT2D eigenvalue weighted by Crippen LogP contribution is -2.68. The lowest BCUT2D eigenvalue weighted by molar-refractivity contribution is -0.363. The van der Waals surface area contributed by atoms with Gasteiger partial charge in [-0.2, -0.15) is 13.2 Å². The van der Waals surface area contributed by atoms with Crippen molar-refractivity contribution in [2.75, 3.05) is 0 Å². The van der Waals surface area contributed by atoms with Crippen LogP contribution in [0.5, 0.6) is 0 Å². The van der Waals surface area contributed by atoms with Crippen molar-refractivity contribution in [3.63, 3.8) is 0 Å². The van der Waals surface area contributed by atoms with Gasteiger partial charge in [-0.05, 0) is 24.7 Å². The molecule has 3 aliphatic carbocycles. The minimum Gasteiger partial charge on any atom is -0.170 e. The average molecular weight is 164 g/mol. The predicted octanol–water partition coefficient (Wildman–Crippen LogP) is 2.98. The van der Waals surface area contributed by atoms with Crippen molar-refractivity contribution in [2.45, 2.75) is 32.4 Å². The summed E-state index contributed by atoms with van der Waals surface area (Å²) in [5.41, 5.74) is -1.23. The highest BCUT2D eigenvalue weighted by Gasteiger charge is 2.76. The molecule has 0 saturated heterocycles. The quantitative estimate of drug-likeness (QED) is 0.558. The van der Waals surface area contributed by atoms with E-state index in [1.54, 1.807) is 0 Å². The summed E-state index contributed by atoms with van der Waals surface area (Å²) in [5, 5.41) is 0. The second-order valence-electron chi connectivity index (χ2n) is 3.84. The minimum absolute atomic E-state index is 0.0394. The van der Waals surface area contributed by atoms with Crippen LogP contribution in [-0.2, 0) is 0 Å². The van der Waals surface area contributed by atoms with E-state index < -0.39 is 11.6 Å². The van der Waals surface area contributed by atoms with E-state index in [0.717, 1.165) is 0 Å². The van der Waals surface area contributed by atoms with Gasteiger partial charge in [0.05, 0.1) is 5.41 Å². The number of hydrogen-bond acceptors (Lipinski definition) is 0. The molecule has 0 N–H and O–H groups in total. The second kappa shape index (κ2) is 1.75. The monoisotopic (exact) mass is 164 g/mol. The van der Waals surface area contributed by atoms with Crippen LogP contribution in [0.1, 0.15) is 26.2 Å². The molecule has 0 nitrogen and oxygen atoms in total. The van der Waals surface area contributed by atoms with Crippen LogP contribution in [0.15, 0.2) is 0 Å². The molecule has 3 saturated carbocycles. The van der Waals surface area contributed by atoms with Crippen LogP contribution >= 0.6 is 0 Å². The maximum Gasteiger partial charge on any atom is 0.394 e. The first kappa shape index (κ1) is 7.44. The minimum atomic E-state index is -3.93. The van der Waals surface area contributed by atoms with Crippen LogP contribution in [0, 0.1) is 17.3 Å². The van der Waals surface area contributed by atoms with Gasteiger partial charge in [0.1, 0.15) is 0 Å². The van der Waals surface area contributed by atoms with E-state index >= 15 is 0 Å². The van der Waals surface area contributed by atoms with Crippen molar-refractivity contribution < 1.29 is 13.2 Å². The van der Waals surface area contributed by atoms with Gasteiger partial charge in [0, 0.05) is 0 Å². The molecular formula is C8H11F3. The zero-order valence-corrected chi connectivity index (χ0v) is 6.41. The summed E-state index contributed by atoms with van der Waals surface area (Å²) in [5.74, 6) is 0.365. The van der Waals surface area contributed by atoms with E-state index in [2.05, 4.69) is 0 Å². The Morgan fingerprint density at radius 3 is 2.00 bits per heavy atom. The van der Waals surface area contributed by atoms with E-state index in [1.807, 2.05) is 6.92 Å². The Balaban J connectivity index is 2.13. The van der Waals surface area contributed by atoms with Crippen LogP contribution in [0.4, 0.5) is 13.2 Å². The van der Waals surface area contributed by atoms with E-state index in [0.29, 0.717) is 25.2 Å². The molecule has 0 aromatic rings. The molecule has 2 bridgehead atoms. The molecule has 3 rings (SSSR count). The van der Waals surface area contributed by atoms with Crippen LogP contribution in [0.3, 0.4) is 0 Å². The van der Waals surface area contributed by atoms with Gasteiger partial charge in [0.2, 0.25) is 0 Å². The Bertz CT molecular complexity index is 176. The van der Waals surface area contributed by atoms with Gasteiger partial charge < -0.3 is 0 Å². The molecule has 1 atom stereocenters. The van der Waals surface area contributed by atoms with Gasteiger partial charge >= 0.3 is 6.18 Å². The fourth-order valence-electron chi connectivity index (χ4n) is 2.76. The number of rotatable bonds is 1. The predicted molar refractivity (Wildman–Crippen MR) is 35.0 cm³/mol. The fourth-order valence-corrected chi connectivity index (χ4v) is 2.76. The summed E-state index contributed by atoms with van der Waals surface area (Å²) in [6.45, 7) is 1.86. The van der Waals surface area contributed by atoms with Crippen LogP contribution in [0.25, 0.3) is 0 Å². The van der Waals surface area contributed by atoms with E-state index in [9.17, 15) is 13.2 Å². The molecule has 0 aromatic heterocycles.